The van der Waals surface area contributed by atoms with Crippen LogP contribution in [-0.2, 0) is 17.1 Å². The van der Waals surface area contributed by atoms with Gasteiger partial charge in [-0.25, -0.2) is 4.98 Å². The van der Waals surface area contributed by atoms with Crippen LogP contribution in [0.25, 0.3) is 11.0 Å². The number of carboxylic acid groups (broad SMARTS) is 1. The molecule has 1 atom stereocenters. The van der Waals surface area contributed by atoms with Gasteiger partial charge >= 0.3 is 18.3 Å². The SMILES string of the molecule is C[C@H](NC(=O)c1nc2cc(C(F)(F)F)cc(C(F)(F)F)c2[nH]1)C(=O)O. The number of hydrogen-bond acceptors (Lipinski definition) is 3. The molecule has 1 amide bonds. The lowest BCUT2D eigenvalue weighted by Crippen LogP contribution is -2.38. The summed E-state index contributed by atoms with van der Waals surface area (Å²) in [5.74, 6) is -3.33. The van der Waals surface area contributed by atoms with Crippen molar-refractivity contribution < 1.29 is 41.0 Å². The van der Waals surface area contributed by atoms with Gasteiger partial charge in [-0.2, -0.15) is 26.3 Å². The summed E-state index contributed by atoms with van der Waals surface area (Å²) in [5, 5.41) is 10.6. The zero-order chi connectivity index (χ0) is 19.2. The van der Waals surface area contributed by atoms with E-state index in [4.69, 9.17) is 5.11 Å². The molecule has 0 aliphatic rings. The van der Waals surface area contributed by atoms with Crippen molar-refractivity contribution >= 4 is 22.9 Å². The zero-order valence-corrected chi connectivity index (χ0v) is 12.2. The molecule has 12 heteroatoms. The van der Waals surface area contributed by atoms with Gasteiger partial charge in [-0.3, -0.25) is 9.59 Å². The van der Waals surface area contributed by atoms with Gasteiger partial charge in [0.15, 0.2) is 5.82 Å². The molecule has 0 radical (unpaired) electrons. The van der Waals surface area contributed by atoms with E-state index in [-0.39, 0.29) is 6.07 Å². The highest BCUT2D eigenvalue weighted by molar-refractivity contribution is 5.96. The fourth-order valence-corrected chi connectivity index (χ4v) is 1.93. The summed E-state index contributed by atoms with van der Waals surface area (Å²) in [6.45, 7) is 1.09. The summed E-state index contributed by atoms with van der Waals surface area (Å²) < 4.78 is 77.3. The molecule has 2 rings (SSSR count). The van der Waals surface area contributed by atoms with E-state index in [1.165, 1.54) is 0 Å². The molecule has 0 aliphatic carbocycles. The normalized spacial score (nSPS) is 13.7. The van der Waals surface area contributed by atoms with Crippen molar-refractivity contribution in [2.75, 3.05) is 0 Å². The van der Waals surface area contributed by atoms with E-state index in [9.17, 15) is 35.9 Å². The van der Waals surface area contributed by atoms with Crippen molar-refractivity contribution in [1.82, 2.24) is 15.3 Å². The number of halogens is 6. The molecule has 0 unspecified atom stereocenters. The molecule has 1 heterocycles. The smallest absolute Gasteiger partial charge is 0.418 e. The molecule has 3 N–H and O–H groups in total. The number of aromatic amines is 1. The van der Waals surface area contributed by atoms with E-state index in [1.807, 2.05) is 10.3 Å². The minimum atomic E-state index is -5.13. The second-order valence-electron chi connectivity index (χ2n) is 5.03. The summed E-state index contributed by atoms with van der Waals surface area (Å²) >= 11 is 0. The first kappa shape index (κ1) is 18.5. The molecule has 1 aromatic carbocycles. The fraction of sp³-hybridized carbons (Fsp3) is 0.308. The summed E-state index contributed by atoms with van der Waals surface area (Å²) in [6.07, 6.45) is -10.2. The van der Waals surface area contributed by atoms with Gasteiger partial charge in [0.05, 0.1) is 22.2 Å². The maximum Gasteiger partial charge on any atom is 0.418 e. The Hall–Kier alpha value is -2.79. The van der Waals surface area contributed by atoms with Crippen LogP contribution < -0.4 is 5.32 Å². The Balaban J connectivity index is 2.58. The molecular formula is C13H9F6N3O3. The first-order valence-corrected chi connectivity index (χ1v) is 6.52. The number of nitrogens with one attached hydrogen (secondary N) is 2. The van der Waals surface area contributed by atoms with Crippen LogP contribution in [0, 0.1) is 0 Å². The highest BCUT2D eigenvalue weighted by Crippen LogP contribution is 2.39. The first-order valence-electron chi connectivity index (χ1n) is 6.52. The quantitative estimate of drug-likeness (QED) is 0.725. The van der Waals surface area contributed by atoms with E-state index in [2.05, 4.69) is 4.98 Å². The highest BCUT2D eigenvalue weighted by atomic mass is 19.4. The highest BCUT2D eigenvalue weighted by Gasteiger charge is 2.39. The molecular weight excluding hydrogens is 360 g/mol. The third-order valence-corrected chi connectivity index (χ3v) is 3.16. The largest absolute Gasteiger partial charge is 0.480 e. The number of amides is 1. The molecule has 6 nitrogen and oxygen atoms in total. The van der Waals surface area contributed by atoms with Crippen LogP contribution in [-0.4, -0.2) is 33.0 Å². The Morgan fingerprint density at radius 2 is 1.76 bits per heavy atom. The van der Waals surface area contributed by atoms with Gasteiger partial charge in [0, 0.05) is 0 Å². The summed E-state index contributed by atoms with van der Waals surface area (Å²) in [6, 6.07) is -1.12. The molecule has 136 valence electrons. The molecule has 0 saturated carbocycles. The van der Waals surface area contributed by atoms with Crippen LogP contribution in [0.3, 0.4) is 0 Å². The molecule has 0 fully saturated rings. The number of nitrogens with zero attached hydrogens (tertiary/aromatic N) is 1. The number of H-pyrrole nitrogens is 1. The Kier molecular flexibility index (Phi) is 4.40. The zero-order valence-electron chi connectivity index (χ0n) is 12.2. The van der Waals surface area contributed by atoms with Crippen molar-refractivity contribution in [1.29, 1.82) is 0 Å². The van der Waals surface area contributed by atoms with Gasteiger partial charge in [0.1, 0.15) is 6.04 Å². The second-order valence-corrected chi connectivity index (χ2v) is 5.03. The van der Waals surface area contributed by atoms with Crippen LogP contribution in [0.2, 0.25) is 0 Å². The van der Waals surface area contributed by atoms with Crippen LogP contribution in [0.1, 0.15) is 28.7 Å². The number of carboxylic acids is 1. The van der Waals surface area contributed by atoms with Gasteiger partial charge in [-0.05, 0) is 19.1 Å². The molecule has 0 saturated heterocycles. The van der Waals surface area contributed by atoms with Gasteiger partial charge < -0.3 is 15.4 Å². The first-order chi connectivity index (χ1) is 11.3. The van der Waals surface area contributed by atoms with Crippen molar-refractivity contribution in [2.24, 2.45) is 0 Å². The predicted molar refractivity (Wildman–Crippen MR) is 70.7 cm³/mol. The number of rotatable bonds is 3. The fourth-order valence-electron chi connectivity index (χ4n) is 1.93. The number of benzene rings is 1. The van der Waals surface area contributed by atoms with Crippen LogP contribution in [0.5, 0.6) is 0 Å². The minimum Gasteiger partial charge on any atom is -0.480 e. The lowest BCUT2D eigenvalue weighted by atomic mass is 10.1. The Bertz CT molecular complexity index is 840. The van der Waals surface area contributed by atoms with Crippen molar-refractivity contribution in [3.05, 3.63) is 29.1 Å². The topological polar surface area (TPSA) is 95.1 Å². The van der Waals surface area contributed by atoms with E-state index in [0.717, 1.165) is 6.92 Å². The van der Waals surface area contributed by atoms with E-state index in [0.29, 0.717) is 6.07 Å². The number of hydrogen-bond donors (Lipinski definition) is 3. The average Bonchev–Trinajstić information content (AvgIpc) is 2.87. The standard InChI is InChI=1S/C13H9F6N3O3/c1-4(11(24)25)20-10(23)9-21-7-3-5(12(14,15)16)2-6(8(7)22-9)13(17,18)19/h2-4H,1H3,(H,20,23)(H,21,22)(H,24,25)/t4-/m0/s1. The third kappa shape index (κ3) is 3.83. The maximum absolute atomic E-state index is 13.0. The summed E-state index contributed by atoms with van der Waals surface area (Å²) in [5.41, 5.74) is -4.76. The maximum atomic E-state index is 13.0. The summed E-state index contributed by atoms with van der Waals surface area (Å²) in [4.78, 5) is 27.9. The Morgan fingerprint density at radius 3 is 2.24 bits per heavy atom. The van der Waals surface area contributed by atoms with Crippen molar-refractivity contribution in [2.45, 2.75) is 25.3 Å². The van der Waals surface area contributed by atoms with Crippen molar-refractivity contribution in [3.8, 4) is 0 Å². The number of carbonyl (C=O) groups is 2. The van der Waals surface area contributed by atoms with Gasteiger partial charge in [-0.15, -0.1) is 0 Å². The molecule has 0 spiro atoms. The number of aromatic nitrogens is 2. The minimum absolute atomic E-state index is 0.0952. The molecule has 2 aromatic rings. The Morgan fingerprint density at radius 1 is 1.16 bits per heavy atom. The van der Waals surface area contributed by atoms with E-state index in [1.54, 1.807) is 0 Å². The number of aliphatic carboxylic acids is 1. The number of fused-ring (bicyclic) bond motifs is 1. The third-order valence-electron chi connectivity index (χ3n) is 3.16. The lowest BCUT2D eigenvalue weighted by Gasteiger charge is -2.12. The van der Waals surface area contributed by atoms with Gasteiger partial charge in [0.2, 0.25) is 0 Å². The van der Waals surface area contributed by atoms with Crippen LogP contribution in [0.4, 0.5) is 26.3 Å². The van der Waals surface area contributed by atoms with Crippen LogP contribution in [0.15, 0.2) is 12.1 Å². The molecule has 1 aromatic heterocycles. The monoisotopic (exact) mass is 369 g/mol. The molecule has 25 heavy (non-hydrogen) atoms. The number of carbonyl (C=O) groups excluding carboxylic acids is 1. The van der Waals surface area contributed by atoms with Crippen LogP contribution >= 0.6 is 0 Å². The average molecular weight is 369 g/mol. The summed E-state index contributed by atoms with van der Waals surface area (Å²) in [7, 11) is 0. The van der Waals surface area contributed by atoms with Gasteiger partial charge in [0.25, 0.3) is 5.91 Å². The molecule has 0 aliphatic heterocycles. The van der Waals surface area contributed by atoms with Crippen molar-refractivity contribution in [3.63, 3.8) is 0 Å². The van der Waals surface area contributed by atoms with E-state index >= 15 is 0 Å². The van der Waals surface area contributed by atoms with E-state index < -0.39 is 58.3 Å². The number of imidazole rings is 1. The molecule has 0 bridgehead atoms. The predicted octanol–water partition coefficient (Wildman–Crippen LogP) is 2.80. The van der Waals surface area contributed by atoms with Gasteiger partial charge in [-0.1, -0.05) is 0 Å². The number of alkyl halides is 6. The second kappa shape index (κ2) is 5.93. The Labute approximate surface area is 134 Å². The lowest BCUT2D eigenvalue weighted by molar-refractivity contribution is -0.142.